The number of fused-ring (bicyclic) bond motifs is 1. The number of halogens is 4. The van der Waals surface area contributed by atoms with Gasteiger partial charge in [0.25, 0.3) is 5.91 Å². The maximum atomic E-state index is 14.1. The SMILES string of the molecule is C[C@@H]1CN(C2CCN(C(=O)C(Cc3cc(Cl)c(N)c(C(F)(F)F)c3)OC(=O)N3CCC(N4CCc5ccccc5NC4=O)CC3)CC2)C[C@H](C)N1C. The van der Waals surface area contributed by atoms with Crippen LogP contribution < -0.4 is 11.1 Å². The molecule has 0 radical (unpaired) electrons. The number of hydrogen-bond donors (Lipinski definition) is 2. The van der Waals surface area contributed by atoms with Crippen LogP contribution in [-0.2, 0) is 28.5 Å². The molecule has 3 saturated heterocycles. The Hall–Kier alpha value is -3.75. The number of piperidine rings is 2. The minimum atomic E-state index is -4.77. The second-order valence-corrected chi connectivity index (χ2v) is 15.1. The molecule has 2 aromatic rings. The summed E-state index contributed by atoms with van der Waals surface area (Å²) in [5, 5.41) is 2.70. The van der Waals surface area contributed by atoms with Gasteiger partial charge < -0.3 is 30.5 Å². The lowest BCUT2D eigenvalue weighted by Gasteiger charge is -2.47. The van der Waals surface area contributed by atoms with Gasteiger partial charge in [-0.3, -0.25) is 14.6 Å². The van der Waals surface area contributed by atoms with Crippen LogP contribution in [0.2, 0.25) is 5.02 Å². The van der Waals surface area contributed by atoms with E-state index in [1.165, 1.54) is 11.0 Å². The fraction of sp³-hybridized carbons (Fsp3) is 0.595. The summed E-state index contributed by atoms with van der Waals surface area (Å²) in [6.07, 6.45) is -3.96. The molecule has 3 fully saturated rings. The Kier molecular flexibility index (Phi) is 11.5. The van der Waals surface area contributed by atoms with Crippen molar-refractivity contribution in [2.45, 2.75) is 88.8 Å². The van der Waals surface area contributed by atoms with Crippen molar-refractivity contribution >= 4 is 41.0 Å². The van der Waals surface area contributed by atoms with E-state index in [4.69, 9.17) is 22.1 Å². The number of nitrogen functional groups attached to an aromatic ring is 1. The van der Waals surface area contributed by atoms with Gasteiger partial charge in [-0.15, -0.1) is 0 Å². The number of urea groups is 1. The number of carbonyl (C=O) groups is 3. The molecule has 52 heavy (non-hydrogen) atoms. The fourth-order valence-corrected chi connectivity index (χ4v) is 8.35. The Morgan fingerprint density at radius 3 is 2.23 bits per heavy atom. The van der Waals surface area contributed by atoms with Gasteiger partial charge in [0.15, 0.2) is 6.10 Å². The predicted octanol–water partition coefficient (Wildman–Crippen LogP) is 5.56. The number of nitrogens with zero attached hydrogens (tertiary/aromatic N) is 5. The van der Waals surface area contributed by atoms with E-state index in [0.717, 1.165) is 43.2 Å². The van der Waals surface area contributed by atoms with Gasteiger partial charge in [0.2, 0.25) is 0 Å². The summed E-state index contributed by atoms with van der Waals surface area (Å²) in [5.41, 5.74) is 5.91. The number of amides is 4. The van der Waals surface area contributed by atoms with Gasteiger partial charge in [-0.05, 0) is 82.3 Å². The van der Waals surface area contributed by atoms with Crippen molar-refractivity contribution < 1.29 is 32.3 Å². The third-order valence-electron chi connectivity index (χ3n) is 11.4. The van der Waals surface area contributed by atoms with Crippen molar-refractivity contribution in [3.8, 4) is 0 Å². The summed E-state index contributed by atoms with van der Waals surface area (Å²) < 4.78 is 47.4. The highest BCUT2D eigenvalue weighted by atomic mass is 35.5. The van der Waals surface area contributed by atoms with E-state index in [9.17, 15) is 27.6 Å². The van der Waals surface area contributed by atoms with Crippen LogP contribution in [0.1, 0.15) is 56.2 Å². The Labute approximate surface area is 308 Å². The summed E-state index contributed by atoms with van der Waals surface area (Å²) in [4.78, 5) is 50.6. The van der Waals surface area contributed by atoms with Crippen LogP contribution in [0.5, 0.6) is 0 Å². The van der Waals surface area contributed by atoms with E-state index in [-0.39, 0.29) is 29.1 Å². The van der Waals surface area contributed by atoms with Crippen LogP contribution in [0.25, 0.3) is 0 Å². The molecule has 4 aliphatic heterocycles. The van der Waals surface area contributed by atoms with Crippen molar-refractivity contribution in [2.24, 2.45) is 0 Å². The van der Waals surface area contributed by atoms with Crippen LogP contribution >= 0.6 is 11.6 Å². The first-order valence-electron chi connectivity index (χ1n) is 18.2. The summed E-state index contributed by atoms with van der Waals surface area (Å²) in [6.45, 7) is 8.30. The number of piperazine rings is 1. The highest BCUT2D eigenvalue weighted by Gasteiger charge is 2.39. The fourth-order valence-electron chi connectivity index (χ4n) is 8.11. The molecule has 0 aliphatic carbocycles. The number of rotatable bonds is 6. The lowest BCUT2D eigenvalue weighted by molar-refractivity contribution is -0.142. The van der Waals surface area contributed by atoms with E-state index >= 15 is 0 Å². The van der Waals surface area contributed by atoms with Gasteiger partial charge in [-0.1, -0.05) is 29.8 Å². The number of ether oxygens (including phenoxy) is 1. The molecule has 4 heterocycles. The lowest BCUT2D eigenvalue weighted by Crippen LogP contribution is -2.59. The van der Waals surface area contributed by atoms with Crippen molar-refractivity contribution in [3.63, 3.8) is 0 Å². The van der Waals surface area contributed by atoms with Crippen molar-refractivity contribution in [1.82, 2.24) is 24.5 Å². The molecule has 15 heteroatoms. The molecule has 2 aromatic carbocycles. The third-order valence-corrected chi connectivity index (χ3v) is 11.7. The Bertz CT molecular complexity index is 1620. The molecule has 0 spiro atoms. The van der Waals surface area contributed by atoms with Crippen LogP contribution in [0.4, 0.5) is 34.1 Å². The molecule has 0 saturated carbocycles. The van der Waals surface area contributed by atoms with Gasteiger partial charge in [0, 0.05) is 82.1 Å². The molecule has 3 N–H and O–H groups in total. The van der Waals surface area contributed by atoms with E-state index < -0.39 is 35.5 Å². The normalized spacial score (nSPS) is 23.5. The maximum absolute atomic E-state index is 14.1. The van der Waals surface area contributed by atoms with Crippen LogP contribution in [0.3, 0.4) is 0 Å². The number of likely N-dealkylation sites (tertiary alicyclic amines) is 2. The molecule has 0 aromatic heterocycles. The van der Waals surface area contributed by atoms with Gasteiger partial charge in [0.05, 0.1) is 16.3 Å². The molecule has 11 nitrogen and oxygen atoms in total. The van der Waals surface area contributed by atoms with Crippen molar-refractivity contribution in [2.75, 3.05) is 63.9 Å². The maximum Gasteiger partial charge on any atom is 0.418 e. The smallest absolute Gasteiger partial charge is 0.418 e. The first-order chi connectivity index (χ1) is 24.7. The number of nitrogens with two attached hydrogens (primary N) is 1. The third kappa shape index (κ3) is 8.39. The first-order valence-corrected chi connectivity index (χ1v) is 18.6. The molecular weight excluding hydrogens is 699 g/mol. The molecule has 1 unspecified atom stereocenters. The highest BCUT2D eigenvalue weighted by Crippen LogP contribution is 2.38. The number of likely N-dealkylation sites (N-methyl/N-ethyl adjacent to an activating group) is 1. The zero-order valence-corrected chi connectivity index (χ0v) is 30.8. The minimum absolute atomic E-state index is 0.0832. The number of para-hydroxylation sites is 1. The second-order valence-electron chi connectivity index (χ2n) is 14.7. The topological polar surface area (TPSA) is 115 Å². The average Bonchev–Trinajstić information content (AvgIpc) is 3.28. The molecule has 4 amide bonds. The minimum Gasteiger partial charge on any atom is -0.436 e. The largest absolute Gasteiger partial charge is 0.436 e. The number of alkyl halides is 3. The Morgan fingerprint density at radius 1 is 0.962 bits per heavy atom. The summed E-state index contributed by atoms with van der Waals surface area (Å²) in [6, 6.07) is 10.7. The summed E-state index contributed by atoms with van der Waals surface area (Å²) in [5.74, 6) is -0.455. The van der Waals surface area contributed by atoms with E-state index in [1.807, 2.05) is 29.2 Å². The second kappa shape index (κ2) is 15.7. The number of carbonyl (C=O) groups excluding carboxylic acids is 3. The van der Waals surface area contributed by atoms with Crippen molar-refractivity contribution in [1.29, 1.82) is 0 Å². The average molecular weight is 748 g/mol. The molecular formula is C37H49ClF3N7O4. The molecule has 3 atom stereocenters. The molecule has 6 rings (SSSR count). The van der Waals surface area contributed by atoms with Crippen LogP contribution in [0, 0.1) is 0 Å². The summed E-state index contributed by atoms with van der Waals surface area (Å²) in [7, 11) is 2.14. The zero-order valence-electron chi connectivity index (χ0n) is 30.0. The number of benzene rings is 2. The number of nitrogens with one attached hydrogen (secondary N) is 1. The highest BCUT2D eigenvalue weighted by molar-refractivity contribution is 6.33. The van der Waals surface area contributed by atoms with E-state index in [0.29, 0.717) is 70.1 Å². The number of hydrogen-bond acceptors (Lipinski definition) is 7. The van der Waals surface area contributed by atoms with E-state index in [1.54, 1.807) is 4.90 Å². The standard InChI is InChI=1S/C37H49ClF3N7O4/c1-23-21-47(22-24(2)44(23)3)27-9-13-45(14-10-27)34(49)32(20-25-18-29(37(39,40)41)33(42)30(38)19-25)52-36(51)46-15-11-28(12-16-46)48-17-8-26-6-4-5-7-31(26)43-35(48)50/h4-7,18-19,23-24,27-28,32H,8-17,20-22,42H2,1-3H3,(H,43,50)/t23-,24+,32?. The monoisotopic (exact) mass is 747 g/mol. The molecule has 0 bridgehead atoms. The molecule has 4 aliphatic rings. The Morgan fingerprint density at radius 2 is 1.58 bits per heavy atom. The number of anilines is 2. The zero-order chi connectivity index (χ0) is 37.3. The van der Waals surface area contributed by atoms with Crippen LogP contribution in [0.15, 0.2) is 36.4 Å². The Balaban J connectivity index is 1.12. The quantitative estimate of drug-likeness (QED) is 0.372. The van der Waals surface area contributed by atoms with Gasteiger partial charge in [-0.25, -0.2) is 9.59 Å². The van der Waals surface area contributed by atoms with Crippen molar-refractivity contribution in [3.05, 3.63) is 58.1 Å². The lowest BCUT2D eigenvalue weighted by atomic mass is 9.98. The first kappa shape index (κ1) is 38.0. The van der Waals surface area contributed by atoms with Gasteiger partial charge in [0.1, 0.15) is 0 Å². The van der Waals surface area contributed by atoms with E-state index in [2.05, 4.69) is 36.0 Å². The molecule has 284 valence electrons. The van der Waals surface area contributed by atoms with Gasteiger partial charge in [-0.2, -0.15) is 13.2 Å². The predicted molar refractivity (Wildman–Crippen MR) is 193 cm³/mol. The van der Waals surface area contributed by atoms with Gasteiger partial charge >= 0.3 is 18.3 Å². The summed E-state index contributed by atoms with van der Waals surface area (Å²) >= 11 is 6.13. The van der Waals surface area contributed by atoms with Crippen LogP contribution in [-0.4, -0.2) is 126 Å².